The number of rotatable bonds is 13. The molecule has 0 bridgehead atoms. The minimum atomic E-state index is 0.133. The summed E-state index contributed by atoms with van der Waals surface area (Å²) in [5.41, 5.74) is 16.6. The van der Waals surface area contributed by atoms with Crippen LogP contribution in [0.3, 0.4) is 0 Å². The molecule has 492 valence electrons. The third kappa shape index (κ3) is 17.7. The molecule has 25 heteroatoms. The van der Waals surface area contributed by atoms with Gasteiger partial charge in [0.05, 0.1) is 101 Å². The molecular weight excluding hydrogens is 1220 g/mol. The van der Waals surface area contributed by atoms with Gasteiger partial charge in [-0.2, -0.15) is 4.98 Å². The van der Waals surface area contributed by atoms with Crippen molar-refractivity contribution >= 4 is 64.0 Å². The summed E-state index contributed by atoms with van der Waals surface area (Å²) in [5.74, 6) is 6.26. The number of aliphatic hydroxyl groups is 3. The Balaban J connectivity index is 0.000000147. The number of aliphatic hydroxyl groups excluding tert-OH is 3. The molecule has 3 saturated heterocycles. The minimum absolute atomic E-state index is 0.133. The number of methoxy groups -OCH3 is 4. The average molecular weight is 1310 g/mol. The molecule has 22 nitrogen and oxygen atoms in total. The van der Waals surface area contributed by atoms with E-state index in [1.165, 1.54) is 68.1 Å². The molecule has 91 heavy (non-hydrogen) atoms. The number of aromatic nitrogens is 10. The summed E-state index contributed by atoms with van der Waals surface area (Å²) in [6.07, 6.45) is 30.4. The van der Waals surface area contributed by atoms with Gasteiger partial charge in [-0.3, -0.25) is 0 Å². The molecule has 3 fully saturated rings. The number of hydrogen-bond acceptors (Lipinski definition) is 20. The smallest absolute Gasteiger partial charge is 0.230 e. The first-order valence-electron chi connectivity index (χ1n) is 32.1. The van der Waals surface area contributed by atoms with E-state index in [-0.39, 0.29) is 30.6 Å². The zero-order valence-corrected chi connectivity index (χ0v) is 55.8. The number of imidazole rings is 2. The van der Waals surface area contributed by atoms with Crippen LogP contribution >= 0.6 is 34.8 Å². The van der Waals surface area contributed by atoms with Gasteiger partial charge in [-0.1, -0.05) is 30.9 Å². The second-order valence-electron chi connectivity index (χ2n) is 23.7. The van der Waals surface area contributed by atoms with Crippen molar-refractivity contribution in [2.75, 3.05) is 88.7 Å². The Hall–Kier alpha value is -6.79. The maximum absolute atomic E-state index is 9.92. The Kier molecular flexibility index (Phi) is 25.4. The standard InChI is InChI=1S/C26H34N6O2.C14H20ClN3O.C12H15N3O3.C9H10Cl2N2.C5H11NO/c1-17-12-20(13-23(34-3)18(17)2)31-14-24(27-16-31)29-26-28-22-10-6-4-5-9-21(22)25(30-26)32-11-7-8-19(32)15-33;15-14-16-12-7-3-1-2-6-11(12)13(17-14)18-8-4-5-10(18)9-19;1-16-9-4-8(15-6-11(13)14-7-15)5-10(17-2)12(9)18-3;10-8-6-4-2-1-3-5-7(6)12-9(11)13-8;7-4-5-2-1-3-6-5/h12-14,16,19,33H,4-11,15H2,1-3H3,(H,28,29,30);10,19H,1-9H2;4-7H,13H2,1-3H3;1-5H2;5-7H,1-4H2/t19-;10-;;;5-/m00..0/s1. The number of hydrogen-bond donors (Lipinski definition) is 6. The van der Waals surface area contributed by atoms with E-state index in [4.69, 9.17) is 74.6 Å². The fourth-order valence-corrected chi connectivity index (χ4v) is 13.4. The van der Waals surface area contributed by atoms with Crippen LogP contribution in [0.1, 0.15) is 141 Å². The highest BCUT2D eigenvalue weighted by Crippen LogP contribution is 2.40. The molecule has 2 aromatic carbocycles. The van der Waals surface area contributed by atoms with Crippen LogP contribution in [0.15, 0.2) is 49.3 Å². The summed E-state index contributed by atoms with van der Waals surface area (Å²) < 4.78 is 25.1. The molecule has 0 saturated carbocycles. The van der Waals surface area contributed by atoms with Gasteiger partial charge in [0.15, 0.2) is 17.3 Å². The van der Waals surface area contributed by atoms with Gasteiger partial charge in [0.1, 0.15) is 41.0 Å². The number of nitrogens with zero attached hydrogens (tertiary/aromatic N) is 12. The zero-order valence-electron chi connectivity index (χ0n) is 53.5. The van der Waals surface area contributed by atoms with Crippen molar-refractivity contribution < 1.29 is 34.3 Å². The van der Waals surface area contributed by atoms with Gasteiger partial charge in [-0.25, -0.2) is 34.9 Å². The summed E-state index contributed by atoms with van der Waals surface area (Å²) in [6.45, 7) is 7.78. The van der Waals surface area contributed by atoms with Crippen LogP contribution in [-0.4, -0.2) is 150 Å². The largest absolute Gasteiger partial charge is 0.496 e. The normalized spacial score (nSPS) is 18.4. The topological polar surface area (TPSA) is 267 Å². The van der Waals surface area contributed by atoms with Crippen molar-refractivity contribution in [1.29, 1.82) is 0 Å². The lowest BCUT2D eigenvalue weighted by atomic mass is 10.1. The lowest BCUT2D eigenvalue weighted by molar-refractivity contribution is 0.255. The molecule has 0 unspecified atom stereocenters. The van der Waals surface area contributed by atoms with E-state index >= 15 is 0 Å². The number of halogens is 3. The number of benzene rings is 2. The number of nitrogens with two attached hydrogens (primary N) is 1. The highest BCUT2D eigenvalue weighted by Gasteiger charge is 2.31. The first kappa shape index (κ1) is 68.6. The van der Waals surface area contributed by atoms with Gasteiger partial charge in [0.2, 0.25) is 22.3 Å². The summed E-state index contributed by atoms with van der Waals surface area (Å²) in [4.78, 5) is 40.0. The SMILES string of the molecule is COc1cc(-n2cnc(N)c2)cc(OC)c1OC.COc1cc(-n2cnc(Nc3nc4c(c(N5CCC[C@H]5CO)n3)CCCCC4)c2)cc(C)c1C.Clc1nc(Cl)c2c(n1)CCCCC2.OC[C@@H]1CCCN1.OC[C@@H]1CCCN1c1nc(Cl)nc2c1CCCCC2. The highest BCUT2D eigenvalue weighted by atomic mass is 35.5. The van der Waals surface area contributed by atoms with E-state index in [9.17, 15) is 10.2 Å². The number of ether oxygens (including phenoxy) is 4. The molecule has 7 aromatic rings. The van der Waals surface area contributed by atoms with E-state index in [1.54, 1.807) is 51.9 Å². The predicted octanol–water partition coefficient (Wildman–Crippen LogP) is 10.9. The van der Waals surface area contributed by atoms with Crippen molar-refractivity contribution in [2.24, 2.45) is 0 Å². The molecule has 7 N–H and O–H groups in total. The Morgan fingerprint density at radius 3 is 1.59 bits per heavy atom. The first-order chi connectivity index (χ1) is 44.3. The van der Waals surface area contributed by atoms with Gasteiger partial charge in [0.25, 0.3) is 0 Å². The van der Waals surface area contributed by atoms with Gasteiger partial charge in [-0.15, -0.1) is 0 Å². The predicted molar refractivity (Wildman–Crippen MR) is 358 cm³/mol. The third-order valence-electron chi connectivity index (χ3n) is 17.7. The van der Waals surface area contributed by atoms with Gasteiger partial charge in [0, 0.05) is 54.0 Å². The minimum Gasteiger partial charge on any atom is -0.496 e. The van der Waals surface area contributed by atoms with Crippen molar-refractivity contribution in [3.05, 3.63) is 110 Å². The summed E-state index contributed by atoms with van der Waals surface area (Å²) >= 11 is 17.8. The molecule has 3 aliphatic heterocycles. The van der Waals surface area contributed by atoms with E-state index in [1.807, 2.05) is 29.0 Å². The Morgan fingerprint density at radius 2 is 1.07 bits per heavy atom. The third-order valence-corrected chi connectivity index (χ3v) is 18.4. The molecule has 8 heterocycles. The van der Waals surface area contributed by atoms with Crippen molar-refractivity contribution in [2.45, 2.75) is 167 Å². The zero-order chi connectivity index (χ0) is 64.4. The van der Waals surface area contributed by atoms with E-state index in [2.05, 4.69) is 70.3 Å². The lowest BCUT2D eigenvalue weighted by Crippen LogP contribution is -2.34. The highest BCUT2D eigenvalue weighted by molar-refractivity contribution is 6.32. The second-order valence-corrected chi connectivity index (χ2v) is 24.8. The summed E-state index contributed by atoms with van der Waals surface area (Å²) in [5, 5.41) is 35.6. The van der Waals surface area contributed by atoms with Crippen LogP contribution in [0.4, 0.5) is 29.2 Å². The number of aryl methyl sites for hydroxylation is 4. The number of nitrogens with one attached hydrogen (secondary N) is 2. The summed E-state index contributed by atoms with van der Waals surface area (Å²) in [7, 11) is 6.41. The molecule has 13 rings (SSSR count). The second kappa shape index (κ2) is 33.7. The number of fused-ring (bicyclic) bond motifs is 3. The van der Waals surface area contributed by atoms with Crippen LogP contribution in [-0.2, 0) is 38.5 Å². The average Bonchev–Trinajstić information content (AvgIpc) is 2.71. The van der Waals surface area contributed by atoms with Crippen LogP contribution in [0.5, 0.6) is 23.0 Å². The molecule has 0 amide bonds. The van der Waals surface area contributed by atoms with Crippen LogP contribution < -0.4 is 45.1 Å². The van der Waals surface area contributed by atoms with Gasteiger partial charge in [-0.05, 0) is 176 Å². The van der Waals surface area contributed by atoms with Crippen LogP contribution in [0, 0.1) is 13.8 Å². The number of nitrogen functional groups attached to an aromatic ring is 1. The van der Waals surface area contributed by atoms with E-state index in [0.717, 1.165) is 160 Å². The first-order valence-corrected chi connectivity index (χ1v) is 33.2. The quantitative estimate of drug-likeness (QED) is 0.0356. The van der Waals surface area contributed by atoms with Crippen LogP contribution in [0.2, 0.25) is 15.7 Å². The fourth-order valence-electron chi connectivity index (χ4n) is 12.7. The summed E-state index contributed by atoms with van der Waals surface area (Å²) in [6, 6.07) is 8.52. The molecular formula is C66H90Cl3N15O7. The van der Waals surface area contributed by atoms with E-state index in [0.29, 0.717) is 57.9 Å². The Labute approximate surface area is 549 Å². The molecule has 5 aromatic heterocycles. The molecule has 3 atom stereocenters. The van der Waals surface area contributed by atoms with Crippen molar-refractivity contribution in [3.8, 4) is 34.4 Å². The van der Waals surface area contributed by atoms with Crippen molar-refractivity contribution in [3.63, 3.8) is 0 Å². The number of anilines is 5. The molecule has 3 aliphatic carbocycles. The van der Waals surface area contributed by atoms with Crippen molar-refractivity contribution in [1.82, 2.24) is 54.3 Å². The molecule has 0 spiro atoms. The molecule has 0 radical (unpaired) electrons. The monoisotopic (exact) mass is 1310 g/mol. The maximum Gasteiger partial charge on any atom is 0.230 e. The Morgan fingerprint density at radius 1 is 0.549 bits per heavy atom. The lowest BCUT2D eigenvalue weighted by Gasteiger charge is -2.27. The fraction of sp³-hybridized carbons (Fsp3) is 0.545. The van der Waals surface area contributed by atoms with E-state index < -0.39 is 0 Å². The Bertz CT molecular complexity index is 3470. The van der Waals surface area contributed by atoms with Gasteiger partial charge < -0.3 is 69.6 Å². The van der Waals surface area contributed by atoms with Gasteiger partial charge >= 0.3 is 0 Å². The maximum atomic E-state index is 9.92. The van der Waals surface area contributed by atoms with Crippen LogP contribution in [0.25, 0.3) is 11.4 Å². The molecule has 6 aliphatic rings.